The van der Waals surface area contributed by atoms with Crippen molar-refractivity contribution >= 4 is 27.6 Å². The van der Waals surface area contributed by atoms with Gasteiger partial charge in [0.15, 0.2) is 5.43 Å². The van der Waals surface area contributed by atoms with E-state index >= 15 is 0 Å². The minimum Gasteiger partial charge on any atom is -0.384 e. The second kappa shape index (κ2) is 2.63. The third kappa shape index (κ3) is 0.985. The number of hydrogen-bond donors (Lipinski definition) is 3. The minimum atomic E-state index is 0.0179. The van der Waals surface area contributed by atoms with Gasteiger partial charge in [-0.3, -0.25) is 4.79 Å². The van der Waals surface area contributed by atoms with Crippen LogP contribution in [0.15, 0.2) is 35.3 Å². The van der Waals surface area contributed by atoms with Gasteiger partial charge in [0.2, 0.25) is 0 Å². The van der Waals surface area contributed by atoms with Crippen molar-refractivity contribution in [2.75, 3.05) is 5.73 Å². The van der Waals surface area contributed by atoms with Crippen LogP contribution in [-0.2, 0) is 0 Å². The smallest absolute Gasteiger partial charge is 0.188 e. The lowest BCUT2D eigenvalue weighted by atomic mass is 10.2. The van der Waals surface area contributed by atoms with Gasteiger partial charge in [0.05, 0.1) is 16.4 Å². The maximum absolute atomic E-state index is 11.7. The van der Waals surface area contributed by atoms with E-state index in [1.165, 1.54) is 0 Å². The van der Waals surface area contributed by atoms with Crippen LogP contribution in [0.1, 0.15) is 0 Å². The van der Waals surface area contributed by atoms with E-state index in [2.05, 4.69) is 9.97 Å². The summed E-state index contributed by atoms with van der Waals surface area (Å²) in [6, 6.07) is 7.02. The minimum absolute atomic E-state index is 0.0179. The van der Waals surface area contributed by atoms with Crippen molar-refractivity contribution in [2.45, 2.75) is 0 Å². The highest BCUT2D eigenvalue weighted by Gasteiger charge is 2.08. The number of rotatable bonds is 0. The summed E-state index contributed by atoms with van der Waals surface area (Å²) in [7, 11) is 0. The van der Waals surface area contributed by atoms with Crippen molar-refractivity contribution in [3.63, 3.8) is 0 Å². The lowest BCUT2D eigenvalue weighted by Gasteiger charge is -1.94. The molecule has 3 rings (SSSR count). The summed E-state index contributed by atoms with van der Waals surface area (Å²) < 4.78 is 0. The lowest BCUT2D eigenvalue weighted by Crippen LogP contribution is -1.96. The van der Waals surface area contributed by atoms with Crippen molar-refractivity contribution < 1.29 is 0 Å². The Kier molecular flexibility index (Phi) is 1.42. The van der Waals surface area contributed by atoms with Crippen LogP contribution < -0.4 is 11.2 Å². The van der Waals surface area contributed by atoms with Gasteiger partial charge in [-0.25, -0.2) is 0 Å². The largest absolute Gasteiger partial charge is 0.384 e. The molecule has 0 atom stereocenters. The normalized spacial score (nSPS) is 11.2. The summed E-state index contributed by atoms with van der Waals surface area (Å²) in [5, 5.41) is 1.57. The predicted octanol–water partition coefficient (Wildman–Crippen LogP) is 1.59. The molecule has 0 radical (unpaired) electrons. The highest BCUT2D eigenvalue weighted by Crippen LogP contribution is 2.24. The van der Waals surface area contributed by atoms with Crippen LogP contribution in [-0.4, -0.2) is 9.97 Å². The molecule has 0 aliphatic heterocycles. The quantitative estimate of drug-likeness (QED) is 0.514. The van der Waals surface area contributed by atoms with Crippen LogP contribution in [0, 0.1) is 0 Å². The number of nitrogens with one attached hydrogen (secondary N) is 2. The Morgan fingerprint density at radius 2 is 2.07 bits per heavy atom. The number of benzene rings is 1. The summed E-state index contributed by atoms with van der Waals surface area (Å²) in [6.07, 6.45) is 1.73. The third-order valence-electron chi connectivity index (χ3n) is 2.58. The second-order valence-electron chi connectivity index (χ2n) is 3.48. The molecule has 0 saturated carbocycles. The molecular weight excluding hydrogens is 190 g/mol. The van der Waals surface area contributed by atoms with Gasteiger partial charge < -0.3 is 15.7 Å². The van der Waals surface area contributed by atoms with Crippen molar-refractivity contribution in [3.8, 4) is 0 Å². The van der Waals surface area contributed by atoms with E-state index in [4.69, 9.17) is 5.73 Å². The number of pyridine rings is 1. The first kappa shape index (κ1) is 8.11. The maximum atomic E-state index is 11.7. The van der Waals surface area contributed by atoms with Crippen molar-refractivity contribution in [1.82, 2.24) is 9.97 Å². The molecular formula is C11H9N3O. The van der Waals surface area contributed by atoms with Crippen LogP contribution >= 0.6 is 0 Å². The molecule has 0 unspecified atom stereocenters. The Hall–Kier alpha value is -2.23. The Labute approximate surface area is 84.7 Å². The van der Waals surface area contributed by atoms with Gasteiger partial charge in [-0.2, -0.15) is 0 Å². The maximum Gasteiger partial charge on any atom is 0.188 e. The van der Waals surface area contributed by atoms with E-state index in [0.29, 0.717) is 11.2 Å². The van der Waals surface area contributed by atoms with Gasteiger partial charge in [0.25, 0.3) is 0 Å². The molecule has 1 aromatic carbocycles. The highest BCUT2D eigenvalue weighted by molar-refractivity contribution is 6.09. The zero-order valence-electron chi connectivity index (χ0n) is 7.87. The van der Waals surface area contributed by atoms with Gasteiger partial charge in [-0.15, -0.1) is 0 Å². The molecule has 0 aliphatic carbocycles. The molecule has 0 bridgehead atoms. The average Bonchev–Trinajstić information content (AvgIpc) is 2.59. The van der Waals surface area contributed by atoms with Crippen LogP contribution in [0.5, 0.6) is 0 Å². The van der Waals surface area contributed by atoms with Crippen LogP contribution in [0.4, 0.5) is 5.82 Å². The van der Waals surface area contributed by atoms with Gasteiger partial charge >= 0.3 is 0 Å². The van der Waals surface area contributed by atoms with Gasteiger partial charge in [0.1, 0.15) is 5.82 Å². The lowest BCUT2D eigenvalue weighted by molar-refractivity contribution is 1.35. The van der Waals surface area contributed by atoms with E-state index in [1.807, 2.05) is 12.1 Å². The molecule has 0 fully saturated rings. The summed E-state index contributed by atoms with van der Waals surface area (Å²) in [5.74, 6) is 0.545. The number of nitrogen functional groups attached to an aromatic ring is 1. The Morgan fingerprint density at radius 1 is 1.20 bits per heavy atom. The molecule has 15 heavy (non-hydrogen) atoms. The standard InChI is InChI=1S/C11H9N3O/c12-11-10-6(4-5-13-11)9-7(14-10)2-1-3-8(9)15/h1-5,13-14H,12H2. The summed E-state index contributed by atoms with van der Waals surface area (Å²) >= 11 is 0. The Balaban J connectivity index is 2.71. The first-order valence-corrected chi connectivity index (χ1v) is 4.65. The zero-order chi connectivity index (χ0) is 10.4. The molecule has 4 nitrogen and oxygen atoms in total. The van der Waals surface area contributed by atoms with Gasteiger partial charge in [-0.1, -0.05) is 6.07 Å². The average molecular weight is 199 g/mol. The number of hydrogen-bond acceptors (Lipinski definition) is 2. The molecule has 2 heterocycles. The Bertz CT molecular complexity index is 708. The molecule has 3 aromatic rings. The number of aromatic nitrogens is 2. The van der Waals surface area contributed by atoms with Gasteiger partial charge in [0, 0.05) is 11.6 Å². The highest BCUT2D eigenvalue weighted by atomic mass is 16.1. The molecule has 4 N–H and O–H groups in total. The summed E-state index contributed by atoms with van der Waals surface area (Å²) in [5.41, 5.74) is 7.41. The zero-order valence-corrected chi connectivity index (χ0v) is 7.87. The molecule has 4 heteroatoms. The molecule has 74 valence electrons. The number of H-pyrrole nitrogens is 2. The monoisotopic (exact) mass is 199 g/mol. The SMILES string of the molecule is Nc1[nH]ccc2c1[nH]c1cccc(=O)c12. The fourth-order valence-electron chi connectivity index (χ4n) is 1.91. The first-order chi connectivity index (χ1) is 7.27. The Morgan fingerprint density at radius 3 is 2.93 bits per heavy atom. The number of anilines is 1. The molecule has 0 aliphatic rings. The number of fused-ring (bicyclic) bond motifs is 3. The van der Waals surface area contributed by atoms with Crippen molar-refractivity contribution in [3.05, 3.63) is 40.7 Å². The number of nitrogens with two attached hydrogens (primary N) is 1. The second-order valence-corrected chi connectivity index (χ2v) is 3.48. The fraction of sp³-hybridized carbons (Fsp3) is 0. The fourth-order valence-corrected chi connectivity index (χ4v) is 1.91. The van der Waals surface area contributed by atoms with E-state index in [-0.39, 0.29) is 5.43 Å². The first-order valence-electron chi connectivity index (χ1n) is 4.65. The van der Waals surface area contributed by atoms with E-state index in [0.717, 1.165) is 16.4 Å². The predicted molar refractivity (Wildman–Crippen MR) is 60.8 cm³/mol. The molecule has 0 amide bonds. The molecule has 0 saturated heterocycles. The summed E-state index contributed by atoms with van der Waals surface area (Å²) in [6.45, 7) is 0. The van der Waals surface area contributed by atoms with Crippen molar-refractivity contribution in [1.29, 1.82) is 0 Å². The molecule has 0 spiro atoms. The van der Waals surface area contributed by atoms with Gasteiger partial charge in [-0.05, 0) is 18.2 Å². The summed E-state index contributed by atoms with van der Waals surface area (Å²) in [4.78, 5) is 17.7. The van der Waals surface area contributed by atoms with Crippen LogP contribution in [0.25, 0.3) is 21.8 Å². The third-order valence-corrected chi connectivity index (χ3v) is 2.58. The van der Waals surface area contributed by atoms with Crippen LogP contribution in [0.2, 0.25) is 0 Å². The van der Waals surface area contributed by atoms with Crippen LogP contribution in [0.3, 0.4) is 0 Å². The number of aromatic amines is 2. The van der Waals surface area contributed by atoms with E-state index in [1.54, 1.807) is 18.3 Å². The topological polar surface area (TPSA) is 74.7 Å². The van der Waals surface area contributed by atoms with E-state index < -0.39 is 0 Å². The van der Waals surface area contributed by atoms with E-state index in [9.17, 15) is 4.79 Å². The molecule has 2 aromatic heterocycles. The van der Waals surface area contributed by atoms with Crippen molar-refractivity contribution in [2.24, 2.45) is 0 Å².